The molecule has 0 aliphatic carbocycles. The number of aliphatic hydroxyl groups is 1. The third-order valence-corrected chi connectivity index (χ3v) is 5.64. The lowest BCUT2D eigenvalue weighted by molar-refractivity contribution is 0.117. The summed E-state index contributed by atoms with van der Waals surface area (Å²) in [6.07, 6.45) is 0. The van der Waals surface area contributed by atoms with Gasteiger partial charge in [-0.2, -0.15) is 4.31 Å². The van der Waals surface area contributed by atoms with Gasteiger partial charge < -0.3 is 10.8 Å². The van der Waals surface area contributed by atoms with Crippen molar-refractivity contribution in [3.05, 3.63) is 22.4 Å². The first-order chi connectivity index (χ1) is 8.36. The summed E-state index contributed by atoms with van der Waals surface area (Å²) in [6.45, 7) is 0.490. The van der Waals surface area contributed by atoms with Gasteiger partial charge in [0, 0.05) is 30.1 Å². The number of nitrogens with two attached hydrogens (primary N) is 1. The molecule has 1 saturated heterocycles. The first-order valence-corrected chi connectivity index (χ1v) is 7.45. The molecule has 18 heavy (non-hydrogen) atoms. The third-order valence-electron chi connectivity index (χ3n) is 2.85. The summed E-state index contributed by atoms with van der Waals surface area (Å²) in [7, 11) is -3.69. The van der Waals surface area contributed by atoms with Crippen molar-refractivity contribution >= 4 is 31.6 Å². The zero-order valence-corrected chi connectivity index (χ0v) is 11.7. The molecule has 0 bridgehead atoms. The molecule has 3 N–H and O–H groups in total. The van der Waals surface area contributed by atoms with Crippen LogP contribution in [-0.2, 0) is 10.0 Å². The first kappa shape index (κ1) is 13.7. The van der Waals surface area contributed by atoms with Crippen LogP contribution in [0.15, 0.2) is 21.5 Å². The summed E-state index contributed by atoms with van der Waals surface area (Å²) >= 11 is 3.02. The molecule has 1 heterocycles. The molecule has 1 aliphatic rings. The van der Waals surface area contributed by atoms with Crippen LogP contribution in [0.1, 0.15) is 0 Å². The van der Waals surface area contributed by atoms with E-state index in [-0.39, 0.29) is 40.7 Å². The van der Waals surface area contributed by atoms with Gasteiger partial charge in [-0.15, -0.1) is 0 Å². The average Bonchev–Trinajstić information content (AvgIpc) is 2.21. The van der Waals surface area contributed by atoms with Crippen LogP contribution in [-0.4, -0.2) is 37.5 Å². The molecule has 0 saturated carbocycles. The average molecular weight is 339 g/mol. The molecule has 1 aliphatic heterocycles. The first-order valence-electron chi connectivity index (χ1n) is 5.21. The fourth-order valence-electron chi connectivity index (χ4n) is 1.72. The second-order valence-corrected chi connectivity index (χ2v) is 6.94. The number of sulfonamides is 1. The van der Waals surface area contributed by atoms with Crippen LogP contribution in [0.5, 0.6) is 0 Å². The fraction of sp³-hybridized carbons (Fsp3) is 0.400. The lowest BCUT2D eigenvalue weighted by Crippen LogP contribution is -2.51. The minimum absolute atomic E-state index is 0.0312. The normalized spacial score (nSPS) is 17.7. The zero-order chi connectivity index (χ0) is 13.5. The topological polar surface area (TPSA) is 83.6 Å². The van der Waals surface area contributed by atoms with Crippen LogP contribution in [0.3, 0.4) is 0 Å². The Labute approximate surface area is 113 Å². The highest BCUT2D eigenvalue weighted by Crippen LogP contribution is 2.32. The van der Waals surface area contributed by atoms with Gasteiger partial charge in [-0.1, -0.05) is 0 Å². The van der Waals surface area contributed by atoms with E-state index in [9.17, 15) is 12.8 Å². The van der Waals surface area contributed by atoms with Gasteiger partial charge in [-0.25, -0.2) is 12.8 Å². The summed E-state index contributed by atoms with van der Waals surface area (Å²) < 4.78 is 38.9. The Balaban J connectivity index is 2.34. The number of hydrogen-bond donors (Lipinski definition) is 2. The van der Waals surface area contributed by atoms with Crippen LogP contribution >= 0.6 is 15.9 Å². The number of nitrogen functional groups attached to an aromatic ring is 1. The highest BCUT2D eigenvalue weighted by Gasteiger charge is 2.37. The summed E-state index contributed by atoms with van der Waals surface area (Å²) in [5.41, 5.74) is 5.17. The fourth-order valence-corrected chi connectivity index (χ4v) is 4.32. The summed E-state index contributed by atoms with van der Waals surface area (Å²) in [6, 6.07) is 2.13. The quantitative estimate of drug-likeness (QED) is 0.798. The molecule has 0 radical (unpaired) electrons. The maximum absolute atomic E-state index is 13.2. The van der Waals surface area contributed by atoms with Crippen LogP contribution in [0, 0.1) is 11.7 Å². The van der Waals surface area contributed by atoms with Crippen molar-refractivity contribution < 1.29 is 17.9 Å². The van der Waals surface area contributed by atoms with E-state index in [2.05, 4.69) is 15.9 Å². The summed E-state index contributed by atoms with van der Waals surface area (Å²) in [5, 5.41) is 8.87. The van der Waals surface area contributed by atoms with Crippen molar-refractivity contribution in [3.63, 3.8) is 0 Å². The highest BCUT2D eigenvalue weighted by atomic mass is 79.9. The Morgan fingerprint density at radius 1 is 1.50 bits per heavy atom. The van der Waals surface area contributed by atoms with E-state index in [1.165, 1.54) is 4.31 Å². The highest BCUT2D eigenvalue weighted by molar-refractivity contribution is 9.10. The standard InChI is InChI=1S/C10H12BrFN2O3S/c11-7-1-8(12)9(13)2-10(7)18(16,17)14-3-6(4-14)5-15/h1-2,6,15H,3-5,13H2. The van der Waals surface area contributed by atoms with Gasteiger partial charge in [0.2, 0.25) is 10.0 Å². The molecule has 5 nitrogen and oxygen atoms in total. The number of rotatable bonds is 3. The van der Waals surface area contributed by atoms with Crippen molar-refractivity contribution in [2.75, 3.05) is 25.4 Å². The minimum Gasteiger partial charge on any atom is -0.396 e. The Morgan fingerprint density at radius 2 is 2.11 bits per heavy atom. The van der Waals surface area contributed by atoms with E-state index in [0.717, 1.165) is 12.1 Å². The smallest absolute Gasteiger partial charge is 0.244 e. The Morgan fingerprint density at radius 3 is 2.67 bits per heavy atom. The number of anilines is 1. The summed E-state index contributed by atoms with van der Waals surface area (Å²) in [5.74, 6) is -0.700. The predicted octanol–water partition coefficient (Wildman–Crippen LogP) is 0.783. The van der Waals surface area contributed by atoms with Gasteiger partial charge in [0.1, 0.15) is 5.82 Å². The number of aliphatic hydroxyl groups excluding tert-OH is 1. The largest absolute Gasteiger partial charge is 0.396 e. The van der Waals surface area contributed by atoms with Crippen LogP contribution in [0.25, 0.3) is 0 Å². The van der Waals surface area contributed by atoms with Crippen LogP contribution < -0.4 is 5.73 Å². The number of nitrogens with zero attached hydrogens (tertiary/aromatic N) is 1. The molecular formula is C10H12BrFN2O3S. The van der Waals surface area contributed by atoms with Crippen molar-refractivity contribution in [1.29, 1.82) is 0 Å². The SMILES string of the molecule is Nc1cc(S(=O)(=O)N2CC(CO)C2)c(Br)cc1F. The molecule has 1 aromatic rings. The Hall–Kier alpha value is -0.700. The lowest BCUT2D eigenvalue weighted by Gasteiger charge is -2.37. The Kier molecular flexibility index (Phi) is 3.63. The third kappa shape index (κ3) is 2.25. The van der Waals surface area contributed by atoms with Gasteiger partial charge in [-0.05, 0) is 28.1 Å². The second kappa shape index (κ2) is 4.76. The molecule has 0 atom stereocenters. The molecule has 0 spiro atoms. The number of benzene rings is 1. The van der Waals surface area contributed by atoms with Crippen molar-refractivity contribution in [1.82, 2.24) is 4.31 Å². The van der Waals surface area contributed by atoms with Crippen molar-refractivity contribution in [2.45, 2.75) is 4.90 Å². The van der Waals surface area contributed by atoms with Crippen molar-refractivity contribution in [3.8, 4) is 0 Å². The molecule has 2 rings (SSSR count). The summed E-state index contributed by atoms with van der Waals surface area (Å²) in [4.78, 5) is -0.0576. The van der Waals surface area contributed by atoms with Gasteiger partial charge in [0.05, 0.1) is 10.6 Å². The van der Waals surface area contributed by atoms with E-state index in [1.807, 2.05) is 0 Å². The van der Waals surface area contributed by atoms with Gasteiger partial charge in [0.15, 0.2) is 0 Å². The number of hydrogen-bond acceptors (Lipinski definition) is 4. The lowest BCUT2D eigenvalue weighted by atomic mass is 10.1. The van der Waals surface area contributed by atoms with E-state index in [1.54, 1.807) is 0 Å². The van der Waals surface area contributed by atoms with Crippen LogP contribution in [0.2, 0.25) is 0 Å². The predicted molar refractivity (Wildman–Crippen MR) is 67.8 cm³/mol. The molecule has 100 valence electrons. The van der Waals surface area contributed by atoms with E-state index >= 15 is 0 Å². The molecule has 8 heteroatoms. The Bertz CT molecular complexity index is 573. The van der Waals surface area contributed by atoms with Gasteiger partial charge >= 0.3 is 0 Å². The van der Waals surface area contributed by atoms with E-state index < -0.39 is 15.8 Å². The van der Waals surface area contributed by atoms with Crippen molar-refractivity contribution in [2.24, 2.45) is 5.92 Å². The maximum Gasteiger partial charge on any atom is 0.244 e. The second-order valence-electron chi connectivity index (χ2n) is 4.17. The molecule has 1 fully saturated rings. The molecular weight excluding hydrogens is 327 g/mol. The number of halogens is 2. The zero-order valence-electron chi connectivity index (χ0n) is 9.31. The molecule has 0 unspecified atom stereocenters. The van der Waals surface area contributed by atoms with E-state index in [4.69, 9.17) is 10.8 Å². The molecule has 0 aromatic heterocycles. The maximum atomic E-state index is 13.2. The minimum atomic E-state index is -3.69. The van der Waals surface area contributed by atoms with E-state index in [0.29, 0.717) is 0 Å². The van der Waals surface area contributed by atoms with Gasteiger partial charge in [0.25, 0.3) is 0 Å². The molecule has 1 aromatic carbocycles. The van der Waals surface area contributed by atoms with Gasteiger partial charge in [-0.3, -0.25) is 0 Å². The van der Waals surface area contributed by atoms with Crippen LogP contribution in [0.4, 0.5) is 10.1 Å². The monoisotopic (exact) mass is 338 g/mol. The molecule has 0 amide bonds.